The number of methoxy groups -OCH3 is 1. The minimum Gasteiger partial charge on any atom is -0.497 e. The van der Waals surface area contributed by atoms with E-state index in [1.165, 1.54) is 5.56 Å². The van der Waals surface area contributed by atoms with Gasteiger partial charge in [0.15, 0.2) is 0 Å². The van der Waals surface area contributed by atoms with E-state index in [1.54, 1.807) is 7.11 Å². The van der Waals surface area contributed by atoms with Crippen molar-refractivity contribution >= 4 is 5.91 Å². The summed E-state index contributed by atoms with van der Waals surface area (Å²) in [6, 6.07) is 7.98. The molecule has 3 nitrogen and oxygen atoms in total. The Labute approximate surface area is 122 Å². The highest BCUT2D eigenvalue weighted by Gasteiger charge is 2.18. The van der Waals surface area contributed by atoms with E-state index in [0.717, 1.165) is 31.6 Å². The van der Waals surface area contributed by atoms with Gasteiger partial charge < -0.3 is 10.1 Å². The molecule has 1 aromatic rings. The summed E-state index contributed by atoms with van der Waals surface area (Å²) in [4.78, 5) is 12.2. The molecular weight excluding hydrogens is 250 g/mol. The fourth-order valence-electron chi connectivity index (χ4n) is 2.17. The minimum atomic E-state index is 0.0622. The van der Waals surface area contributed by atoms with Gasteiger partial charge in [0.25, 0.3) is 0 Å². The zero-order chi connectivity index (χ0) is 15.0. The van der Waals surface area contributed by atoms with Crippen LogP contribution in [-0.2, 0) is 11.2 Å². The smallest absolute Gasteiger partial charge is 0.223 e. The number of benzene rings is 1. The van der Waals surface area contributed by atoms with Crippen molar-refractivity contribution in [3.8, 4) is 5.75 Å². The molecule has 3 heteroatoms. The zero-order valence-electron chi connectivity index (χ0n) is 13.1. The molecule has 112 valence electrons. The third-order valence-electron chi connectivity index (χ3n) is 3.33. The molecule has 0 radical (unpaired) electrons. The van der Waals surface area contributed by atoms with Gasteiger partial charge in [-0.1, -0.05) is 39.3 Å². The van der Waals surface area contributed by atoms with Gasteiger partial charge in [0, 0.05) is 12.5 Å². The number of hydrogen-bond donors (Lipinski definition) is 1. The Hall–Kier alpha value is -1.51. The summed E-state index contributed by atoms with van der Waals surface area (Å²) in [5.74, 6) is 1.58. The SMILES string of the molecule is CCCC(Cc1ccc(OC)cc1)C(=O)NCC(C)C. The van der Waals surface area contributed by atoms with Crippen LogP contribution in [-0.4, -0.2) is 19.6 Å². The van der Waals surface area contributed by atoms with Crippen LogP contribution in [0.1, 0.15) is 39.2 Å². The number of nitrogens with one attached hydrogen (secondary N) is 1. The molecule has 0 saturated heterocycles. The second-order valence-electron chi connectivity index (χ2n) is 5.68. The topological polar surface area (TPSA) is 38.3 Å². The number of carbonyl (C=O) groups is 1. The second kappa shape index (κ2) is 8.62. The highest BCUT2D eigenvalue weighted by molar-refractivity contribution is 5.78. The maximum atomic E-state index is 12.2. The Morgan fingerprint density at radius 2 is 1.90 bits per heavy atom. The second-order valence-corrected chi connectivity index (χ2v) is 5.68. The minimum absolute atomic E-state index is 0.0622. The molecule has 1 amide bonds. The van der Waals surface area contributed by atoms with E-state index < -0.39 is 0 Å². The molecule has 1 N–H and O–H groups in total. The molecule has 20 heavy (non-hydrogen) atoms. The summed E-state index contributed by atoms with van der Waals surface area (Å²) >= 11 is 0. The van der Waals surface area contributed by atoms with E-state index in [-0.39, 0.29) is 11.8 Å². The fraction of sp³-hybridized carbons (Fsp3) is 0.588. The van der Waals surface area contributed by atoms with Gasteiger partial charge >= 0.3 is 0 Å². The summed E-state index contributed by atoms with van der Waals surface area (Å²) in [5, 5.41) is 3.05. The Bertz CT molecular complexity index is 398. The Morgan fingerprint density at radius 1 is 1.25 bits per heavy atom. The summed E-state index contributed by atoms with van der Waals surface area (Å²) in [6.07, 6.45) is 2.74. The molecule has 1 aromatic carbocycles. The van der Waals surface area contributed by atoms with Crippen LogP contribution >= 0.6 is 0 Å². The van der Waals surface area contributed by atoms with Crippen LogP contribution in [0.15, 0.2) is 24.3 Å². The first-order valence-corrected chi connectivity index (χ1v) is 7.47. The third kappa shape index (κ3) is 5.64. The van der Waals surface area contributed by atoms with Gasteiger partial charge in [0.1, 0.15) is 5.75 Å². The molecule has 0 saturated carbocycles. The largest absolute Gasteiger partial charge is 0.497 e. The lowest BCUT2D eigenvalue weighted by atomic mass is 9.94. The van der Waals surface area contributed by atoms with E-state index >= 15 is 0 Å². The molecule has 1 unspecified atom stereocenters. The predicted octanol–water partition coefficient (Wildman–Crippen LogP) is 3.43. The molecule has 0 aromatic heterocycles. The highest BCUT2D eigenvalue weighted by Crippen LogP contribution is 2.18. The van der Waals surface area contributed by atoms with Crippen LogP contribution in [0.25, 0.3) is 0 Å². The predicted molar refractivity (Wildman–Crippen MR) is 82.9 cm³/mol. The van der Waals surface area contributed by atoms with Crippen LogP contribution in [0.5, 0.6) is 5.75 Å². The summed E-state index contributed by atoms with van der Waals surface area (Å²) in [7, 11) is 1.66. The Morgan fingerprint density at radius 3 is 2.40 bits per heavy atom. The molecule has 1 rings (SSSR count). The van der Waals surface area contributed by atoms with Gasteiger partial charge in [-0.05, 0) is 36.5 Å². The molecule has 0 aliphatic carbocycles. The van der Waals surface area contributed by atoms with Crippen molar-refractivity contribution in [3.63, 3.8) is 0 Å². The maximum absolute atomic E-state index is 12.2. The maximum Gasteiger partial charge on any atom is 0.223 e. The van der Waals surface area contributed by atoms with Gasteiger partial charge in [-0.15, -0.1) is 0 Å². The lowest BCUT2D eigenvalue weighted by Gasteiger charge is -2.17. The number of rotatable bonds is 8. The van der Waals surface area contributed by atoms with E-state index in [2.05, 4.69) is 26.1 Å². The number of hydrogen-bond acceptors (Lipinski definition) is 2. The molecule has 0 spiro atoms. The molecule has 0 fully saturated rings. The first kappa shape index (κ1) is 16.5. The first-order valence-electron chi connectivity index (χ1n) is 7.47. The monoisotopic (exact) mass is 277 g/mol. The number of amides is 1. The average molecular weight is 277 g/mol. The first-order chi connectivity index (χ1) is 9.56. The van der Waals surface area contributed by atoms with Crippen molar-refractivity contribution in [3.05, 3.63) is 29.8 Å². The van der Waals surface area contributed by atoms with Crippen molar-refractivity contribution in [1.82, 2.24) is 5.32 Å². The molecule has 0 aliphatic rings. The van der Waals surface area contributed by atoms with Crippen LogP contribution < -0.4 is 10.1 Å². The van der Waals surface area contributed by atoms with E-state index in [1.807, 2.05) is 24.3 Å². The lowest BCUT2D eigenvalue weighted by Crippen LogP contribution is -2.34. The van der Waals surface area contributed by atoms with Crippen molar-refractivity contribution < 1.29 is 9.53 Å². The van der Waals surface area contributed by atoms with Crippen LogP contribution in [0.2, 0.25) is 0 Å². The van der Waals surface area contributed by atoms with Crippen molar-refractivity contribution in [2.24, 2.45) is 11.8 Å². The molecule has 0 heterocycles. The van der Waals surface area contributed by atoms with Gasteiger partial charge in [-0.25, -0.2) is 0 Å². The van der Waals surface area contributed by atoms with E-state index in [9.17, 15) is 4.79 Å². The number of carbonyl (C=O) groups excluding carboxylic acids is 1. The number of ether oxygens (including phenoxy) is 1. The molecule has 1 atom stereocenters. The van der Waals surface area contributed by atoms with Gasteiger partial charge in [-0.2, -0.15) is 0 Å². The zero-order valence-corrected chi connectivity index (χ0v) is 13.1. The van der Waals surface area contributed by atoms with Gasteiger partial charge in [0.05, 0.1) is 7.11 Å². The molecular formula is C17H27NO2. The normalized spacial score (nSPS) is 12.2. The van der Waals surface area contributed by atoms with E-state index in [4.69, 9.17) is 4.74 Å². The molecule has 0 bridgehead atoms. The summed E-state index contributed by atoms with van der Waals surface area (Å²) in [6.45, 7) is 7.09. The summed E-state index contributed by atoms with van der Waals surface area (Å²) < 4.78 is 5.15. The van der Waals surface area contributed by atoms with Gasteiger partial charge in [0.2, 0.25) is 5.91 Å². The third-order valence-corrected chi connectivity index (χ3v) is 3.33. The van der Waals surface area contributed by atoms with Gasteiger partial charge in [-0.3, -0.25) is 4.79 Å². The van der Waals surface area contributed by atoms with Crippen molar-refractivity contribution in [2.45, 2.75) is 40.0 Å². The molecule has 0 aliphatic heterocycles. The Balaban J connectivity index is 2.62. The lowest BCUT2D eigenvalue weighted by molar-refractivity contribution is -0.125. The van der Waals surface area contributed by atoms with E-state index in [0.29, 0.717) is 5.92 Å². The summed E-state index contributed by atoms with van der Waals surface area (Å²) in [5.41, 5.74) is 1.18. The highest BCUT2D eigenvalue weighted by atomic mass is 16.5. The van der Waals surface area contributed by atoms with Crippen LogP contribution in [0, 0.1) is 11.8 Å². The van der Waals surface area contributed by atoms with Crippen LogP contribution in [0.3, 0.4) is 0 Å². The van der Waals surface area contributed by atoms with Crippen molar-refractivity contribution in [2.75, 3.05) is 13.7 Å². The average Bonchev–Trinajstić information content (AvgIpc) is 2.45. The standard InChI is InChI=1S/C17H27NO2/c1-5-6-15(17(19)18-12-13(2)3)11-14-7-9-16(20-4)10-8-14/h7-10,13,15H,5-6,11-12H2,1-4H3,(H,18,19). The Kier molecular flexibility index (Phi) is 7.13. The fourth-order valence-corrected chi connectivity index (χ4v) is 2.17. The van der Waals surface area contributed by atoms with Crippen LogP contribution in [0.4, 0.5) is 0 Å². The quantitative estimate of drug-likeness (QED) is 0.790. The van der Waals surface area contributed by atoms with Crippen molar-refractivity contribution in [1.29, 1.82) is 0 Å².